The van der Waals surface area contributed by atoms with E-state index < -0.39 is 0 Å². The maximum absolute atomic E-state index is 5.54. The van der Waals surface area contributed by atoms with Crippen molar-refractivity contribution in [3.05, 3.63) is 17.3 Å². The van der Waals surface area contributed by atoms with Gasteiger partial charge < -0.3 is 5.43 Å². The highest BCUT2D eigenvalue weighted by Crippen LogP contribution is 2.24. The van der Waals surface area contributed by atoms with Crippen LogP contribution in [0.3, 0.4) is 0 Å². The zero-order valence-electron chi connectivity index (χ0n) is 11.5. The van der Waals surface area contributed by atoms with E-state index >= 15 is 0 Å². The molecule has 2 aromatic rings. The van der Waals surface area contributed by atoms with E-state index in [1.807, 2.05) is 11.4 Å². The summed E-state index contributed by atoms with van der Waals surface area (Å²) in [6, 6.07) is 1.99. The van der Waals surface area contributed by atoms with Crippen LogP contribution in [-0.2, 0) is 6.54 Å². The zero-order chi connectivity index (χ0) is 13.7. The molecule has 0 saturated carbocycles. The Balaban J connectivity index is 2.23. The number of nitrogen functional groups attached to an aromatic ring is 1. The van der Waals surface area contributed by atoms with Crippen LogP contribution in [0.15, 0.2) is 11.4 Å². The van der Waals surface area contributed by atoms with Crippen molar-refractivity contribution in [2.75, 3.05) is 18.5 Å². The van der Waals surface area contributed by atoms with Crippen molar-refractivity contribution >= 4 is 27.4 Å². The number of rotatable bonds is 7. The molecule has 19 heavy (non-hydrogen) atoms. The minimum Gasteiger partial charge on any atom is -0.308 e. The van der Waals surface area contributed by atoms with Crippen molar-refractivity contribution in [1.82, 2.24) is 14.9 Å². The Bertz CT molecular complexity index is 519. The Morgan fingerprint density at radius 2 is 2.00 bits per heavy atom. The van der Waals surface area contributed by atoms with Gasteiger partial charge in [0.2, 0.25) is 0 Å². The average molecular weight is 279 g/mol. The molecule has 2 aromatic heterocycles. The van der Waals surface area contributed by atoms with Crippen LogP contribution in [0, 0.1) is 0 Å². The van der Waals surface area contributed by atoms with E-state index in [1.165, 1.54) is 0 Å². The normalized spacial score (nSPS) is 11.4. The van der Waals surface area contributed by atoms with Gasteiger partial charge in [-0.1, -0.05) is 13.8 Å². The molecule has 0 spiro atoms. The predicted molar refractivity (Wildman–Crippen MR) is 81.1 cm³/mol. The van der Waals surface area contributed by atoms with Crippen molar-refractivity contribution in [2.45, 2.75) is 33.2 Å². The second-order valence-electron chi connectivity index (χ2n) is 4.55. The Morgan fingerprint density at radius 3 is 2.63 bits per heavy atom. The minimum absolute atomic E-state index is 0.717. The number of anilines is 1. The number of thiophene rings is 1. The molecule has 0 bridgehead atoms. The highest BCUT2D eigenvalue weighted by Gasteiger charge is 2.11. The summed E-state index contributed by atoms with van der Waals surface area (Å²) >= 11 is 1.62. The van der Waals surface area contributed by atoms with Crippen LogP contribution >= 0.6 is 11.3 Å². The fourth-order valence-corrected chi connectivity index (χ4v) is 2.97. The van der Waals surface area contributed by atoms with Crippen LogP contribution < -0.4 is 11.3 Å². The van der Waals surface area contributed by atoms with E-state index in [0.717, 1.165) is 48.5 Å². The summed E-state index contributed by atoms with van der Waals surface area (Å²) in [4.78, 5) is 12.5. The summed E-state index contributed by atoms with van der Waals surface area (Å²) in [6.45, 7) is 7.32. The van der Waals surface area contributed by atoms with E-state index in [-0.39, 0.29) is 0 Å². The number of nitrogens with two attached hydrogens (primary N) is 1. The number of fused-ring (bicyclic) bond motifs is 1. The lowest BCUT2D eigenvalue weighted by Gasteiger charge is -2.20. The highest BCUT2D eigenvalue weighted by molar-refractivity contribution is 7.16. The second kappa shape index (κ2) is 6.79. The van der Waals surface area contributed by atoms with Crippen molar-refractivity contribution in [3.8, 4) is 0 Å². The minimum atomic E-state index is 0.717. The third-order valence-corrected chi connectivity index (χ3v) is 3.76. The van der Waals surface area contributed by atoms with Crippen LogP contribution in [0.25, 0.3) is 10.2 Å². The van der Waals surface area contributed by atoms with Gasteiger partial charge in [0.15, 0.2) is 5.82 Å². The quantitative estimate of drug-likeness (QED) is 0.602. The maximum Gasteiger partial charge on any atom is 0.152 e. The van der Waals surface area contributed by atoms with E-state index in [0.29, 0.717) is 5.82 Å². The first kappa shape index (κ1) is 14.2. The molecule has 5 nitrogen and oxygen atoms in total. The van der Waals surface area contributed by atoms with Crippen molar-refractivity contribution < 1.29 is 0 Å². The lowest BCUT2D eigenvalue weighted by atomic mass is 10.3. The molecule has 0 saturated heterocycles. The fraction of sp³-hybridized carbons (Fsp3) is 0.538. The summed E-state index contributed by atoms with van der Waals surface area (Å²) in [5.41, 5.74) is 2.67. The molecule has 0 amide bonds. The maximum atomic E-state index is 5.54. The number of nitrogens with zero attached hydrogens (tertiary/aromatic N) is 3. The third-order valence-electron chi connectivity index (χ3n) is 2.95. The summed E-state index contributed by atoms with van der Waals surface area (Å²) in [5.74, 6) is 7.10. The first-order valence-corrected chi connectivity index (χ1v) is 7.59. The Labute approximate surface area is 117 Å². The fourth-order valence-electron chi connectivity index (χ4n) is 2.18. The molecule has 0 aliphatic heterocycles. The monoisotopic (exact) mass is 279 g/mol. The summed E-state index contributed by atoms with van der Waals surface area (Å²) in [7, 11) is 0. The largest absolute Gasteiger partial charge is 0.308 e. The lowest BCUT2D eigenvalue weighted by molar-refractivity contribution is 0.260. The highest BCUT2D eigenvalue weighted by atomic mass is 32.1. The number of hydrogen-bond acceptors (Lipinski definition) is 6. The molecule has 0 unspecified atom stereocenters. The number of aromatic nitrogens is 2. The van der Waals surface area contributed by atoms with Crippen LogP contribution in [0.5, 0.6) is 0 Å². The summed E-state index contributed by atoms with van der Waals surface area (Å²) < 4.78 is 0. The van der Waals surface area contributed by atoms with Gasteiger partial charge in [0.1, 0.15) is 10.7 Å². The van der Waals surface area contributed by atoms with Crippen LogP contribution in [0.4, 0.5) is 5.82 Å². The number of hydrogen-bond donors (Lipinski definition) is 2. The molecule has 2 rings (SSSR count). The van der Waals surface area contributed by atoms with Gasteiger partial charge >= 0.3 is 0 Å². The Morgan fingerprint density at radius 1 is 1.26 bits per heavy atom. The van der Waals surface area contributed by atoms with Gasteiger partial charge in [0.25, 0.3) is 0 Å². The van der Waals surface area contributed by atoms with Gasteiger partial charge in [-0.15, -0.1) is 11.3 Å². The van der Waals surface area contributed by atoms with Crippen LogP contribution in [-0.4, -0.2) is 28.0 Å². The molecule has 3 N–H and O–H groups in total. The topological polar surface area (TPSA) is 67.1 Å². The van der Waals surface area contributed by atoms with E-state index in [4.69, 9.17) is 5.84 Å². The molecule has 0 radical (unpaired) electrons. The van der Waals surface area contributed by atoms with Gasteiger partial charge in [-0.3, -0.25) is 4.90 Å². The zero-order valence-corrected chi connectivity index (χ0v) is 12.3. The third kappa shape index (κ3) is 3.40. The molecule has 0 aliphatic rings. The van der Waals surface area contributed by atoms with Crippen LogP contribution in [0.2, 0.25) is 0 Å². The van der Waals surface area contributed by atoms with E-state index in [9.17, 15) is 0 Å². The number of hydrazine groups is 1. The first-order chi connectivity index (χ1) is 9.28. The lowest BCUT2D eigenvalue weighted by Crippen LogP contribution is -2.26. The van der Waals surface area contributed by atoms with Gasteiger partial charge in [-0.2, -0.15) is 0 Å². The summed E-state index contributed by atoms with van der Waals surface area (Å²) in [5, 5.41) is 3.01. The van der Waals surface area contributed by atoms with Crippen LogP contribution in [0.1, 0.15) is 32.5 Å². The standard InChI is InChI=1S/C13H21N5S/c1-3-6-18(7-4-2)9-11-15-12(17-14)10-5-8-19-13(10)16-11/h5,8H,3-4,6-7,9,14H2,1-2H3,(H,15,16,17). The van der Waals surface area contributed by atoms with E-state index in [2.05, 4.69) is 34.1 Å². The van der Waals surface area contributed by atoms with Crippen molar-refractivity contribution in [3.63, 3.8) is 0 Å². The Hall–Kier alpha value is -1.24. The molecule has 2 heterocycles. The molecule has 104 valence electrons. The van der Waals surface area contributed by atoms with Gasteiger partial charge in [0.05, 0.1) is 11.9 Å². The molecule has 6 heteroatoms. The Kier molecular flexibility index (Phi) is 5.07. The molecular weight excluding hydrogens is 258 g/mol. The number of nitrogens with one attached hydrogen (secondary N) is 1. The second-order valence-corrected chi connectivity index (χ2v) is 5.44. The van der Waals surface area contributed by atoms with Crippen molar-refractivity contribution in [1.29, 1.82) is 0 Å². The molecule has 0 atom stereocenters. The SMILES string of the molecule is CCCN(CCC)Cc1nc(NN)c2ccsc2n1. The van der Waals surface area contributed by atoms with Gasteiger partial charge in [0, 0.05) is 0 Å². The smallest absolute Gasteiger partial charge is 0.152 e. The first-order valence-electron chi connectivity index (χ1n) is 6.71. The van der Waals surface area contributed by atoms with Crippen molar-refractivity contribution in [2.24, 2.45) is 5.84 Å². The molecule has 0 fully saturated rings. The molecular formula is C13H21N5S. The summed E-state index contributed by atoms with van der Waals surface area (Å²) in [6.07, 6.45) is 2.28. The average Bonchev–Trinajstić information content (AvgIpc) is 2.86. The predicted octanol–water partition coefficient (Wildman–Crippen LogP) is 2.60. The molecule has 0 aromatic carbocycles. The van der Waals surface area contributed by atoms with Gasteiger partial charge in [-0.25, -0.2) is 15.8 Å². The van der Waals surface area contributed by atoms with E-state index in [1.54, 1.807) is 11.3 Å². The molecule has 0 aliphatic carbocycles. The van der Waals surface area contributed by atoms with Gasteiger partial charge in [-0.05, 0) is 37.4 Å².